The van der Waals surface area contributed by atoms with Gasteiger partial charge in [-0.15, -0.1) is 0 Å². The van der Waals surface area contributed by atoms with Crippen LogP contribution >= 0.6 is 0 Å². The molecular weight excluding hydrogens is 468 g/mol. The van der Waals surface area contributed by atoms with Crippen molar-refractivity contribution >= 4 is 27.5 Å². The van der Waals surface area contributed by atoms with Gasteiger partial charge in [0.2, 0.25) is 10.0 Å². The SMILES string of the molecule is COCCCN1C(=O)C(=O)/C(=C(/O)c2ccc(S(=O)(=O)N(C)C)cc2)C1c1ccc(C(C)C)cc1. The quantitative estimate of drug-likeness (QED) is 0.245. The van der Waals surface area contributed by atoms with Gasteiger partial charge in [0.1, 0.15) is 5.76 Å². The largest absolute Gasteiger partial charge is 0.507 e. The number of carbonyl (C=O) groups excluding carboxylic acids is 2. The van der Waals surface area contributed by atoms with Crippen LogP contribution in [0.3, 0.4) is 0 Å². The average Bonchev–Trinajstić information content (AvgIpc) is 3.08. The van der Waals surface area contributed by atoms with Gasteiger partial charge in [-0.05, 0) is 47.7 Å². The summed E-state index contributed by atoms with van der Waals surface area (Å²) in [5, 5.41) is 11.2. The first-order valence-corrected chi connectivity index (χ1v) is 12.8. The Morgan fingerprint density at radius 3 is 2.17 bits per heavy atom. The summed E-state index contributed by atoms with van der Waals surface area (Å²) in [7, 11) is 0.775. The standard InChI is InChI=1S/C26H32N2O6S/c1-17(2)18-7-9-19(10-8-18)23-22(25(30)26(31)28(23)15-6-16-34-5)24(29)20-11-13-21(14-12-20)35(32,33)27(3)4/h7-14,17,23,29H,6,15-16H2,1-5H3/b24-22+. The molecule has 0 bridgehead atoms. The van der Waals surface area contributed by atoms with Crippen LogP contribution in [0.25, 0.3) is 5.76 Å². The highest BCUT2D eigenvalue weighted by Gasteiger charge is 2.45. The lowest BCUT2D eigenvalue weighted by Gasteiger charge is -2.25. The van der Waals surface area contributed by atoms with Gasteiger partial charge < -0.3 is 14.7 Å². The molecule has 9 heteroatoms. The number of ketones is 1. The van der Waals surface area contributed by atoms with Crippen LogP contribution in [-0.2, 0) is 24.3 Å². The fraction of sp³-hybridized carbons (Fsp3) is 0.385. The first-order chi connectivity index (χ1) is 16.5. The number of sulfonamides is 1. The zero-order valence-electron chi connectivity index (χ0n) is 20.7. The van der Waals surface area contributed by atoms with E-state index in [-0.39, 0.29) is 28.3 Å². The summed E-state index contributed by atoms with van der Waals surface area (Å²) in [5.74, 6) is -1.49. The van der Waals surface area contributed by atoms with Crippen LogP contribution in [0, 0.1) is 0 Å². The molecule has 1 aliphatic heterocycles. The number of ether oxygens (including phenoxy) is 1. The van der Waals surface area contributed by atoms with Crippen molar-refractivity contribution < 1.29 is 27.9 Å². The number of aliphatic hydroxyl groups excluding tert-OH is 1. The van der Waals surface area contributed by atoms with E-state index in [1.807, 2.05) is 24.3 Å². The maximum Gasteiger partial charge on any atom is 0.295 e. The molecule has 0 aliphatic carbocycles. The minimum absolute atomic E-state index is 0.0204. The third-order valence-corrected chi connectivity index (χ3v) is 7.94. The topological polar surface area (TPSA) is 104 Å². The molecule has 1 heterocycles. The Balaban J connectivity index is 2.10. The molecule has 0 radical (unpaired) electrons. The molecule has 1 N–H and O–H groups in total. The van der Waals surface area contributed by atoms with Crippen molar-refractivity contribution in [2.75, 3.05) is 34.4 Å². The maximum absolute atomic E-state index is 13.1. The van der Waals surface area contributed by atoms with Gasteiger partial charge in [0.25, 0.3) is 11.7 Å². The molecule has 1 unspecified atom stereocenters. The van der Waals surface area contributed by atoms with Crippen LogP contribution in [-0.4, -0.2) is 68.8 Å². The Hall–Kier alpha value is -3.01. The molecular formula is C26H32N2O6S. The van der Waals surface area contributed by atoms with Crippen molar-refractivity contribution in [1.29, 1.82) is 0 Å². The third kappa shape index (κ3) is 5.32. The van der Waals surface area contributed by atoms with Crippen LogP contribution < -0.4 is 0 Å². The van der Waals surface area contributed by atoms with Crippen molar-refractivity contribution in [3.05, 3.63) is 70.8 Å². The van der Waals surface area contributed by atoms with E-state index < -0.39 is 27.8 Å². The molecule has 35 heavy (non-hydrogen) atoms. The Bertz CT molecular complexity index is 1220. The number of rotatable bonds is 9. The van der Waals surface area contributed by atoms with E-state index in [0.29, 0.717) is 24.5 Å². The Kier molecular flexibility index (Phi) is 8.15. The number of aliphatic hydroxyl groups is 1. The molecule has 1 saturated heterocycles. The summed E-state index contributed by atoms with van der Waals surface area (Å²) in [6.07, 6.45) is 0.529. The molecule has 0 aromatic heterocycles. The lowest BCUT2D eigenvalue weighted by molar-refractivity contribution is -0.140. The first kappa shape index (κ1) is 26.6. The predicted molar refractivity (Wildman–Crippen MR) is 133 cm³/mol. The third-order valence-electron chi connectivity index (χ3n) is 6.11. The molecule has 0 spiro atoms. The van der Waals surface area contributed by atoms with E-state index in [1.165, 1.54) is 43.3 Å². The minimum atomic E-state index is -3.65. The Morgan fingerprint density at radius 1 is 1.06 bits per heavy atom. The Labute approximate surface area is 206 Å². The van der Waals surface area contributed by atoms with Gasteiger partial charge in [-0.3, -0.25) is 9.59 Å². The van der Waals surface area contributed by atoms with Gasteiger partial charge in [0.05, 0.1) is 16.5 Å². The van der Waals surface area contributed by atoms with Crippen LogP contribution in [0.5, 0.6) is 0 Å². The van der Waals surface area contributed by atoms with E-state index in [2.05, 4.69) is 13.8 Å². The predicted octanol–water partition coefficient (Wildman–Crippen LogP) is 3.52. The second-order valence-corrected chi connectivity index (χ2v) is 11.1. The Morgan fingerprint density at radius 2 is 1.66 bits per heavy atom. The molecule has 188 valence electrons. The van der Waals surface area contributed by atoms with Crippen molar-refractivity contribution in [3.8, 4) is 0 Å². The summed E-state index contributed by atoms with van der Waals surface area (Å²) in [4.78, 5) is 27.6. The van der Waals surface area contributed by atoms with Gasteiger partial charge in [-0.1, -0.05) is 38.1 Å². The summed E-state index contributed by atoms with van der Waals surface area (Å²) >= 11 is 0. The van der Waals surface area contributed by atoms with Crippen molar-refractivity contribution in [1.82, 2.24) is 9.21 Å². The second kappa shape index (κ2) is 10.7. The van der Waals surface area contributed by atoms with Crippen LogP contribution in [0.2, 0.25) is 0 Å². The van der Waals surface area contributed by atoms with Crippen LogP contribution in [0.4, 0.5) is 0 Å². The fourth-order valence-electron chi connectivity index (χ4n) is 4.05. The van der Waals surface area contributed by atoms with Crippen molar-refractivity contribution in [3.63, 3.8) is 0 Å². The lowest BCUT2D eigenvalue weighted by atomic mass is 9.93. The van der Waals surface area contributed by atoms with Crippen LogP contribution in [0.1, 0.15) is 48.9 Å². The smallest absolute Gasteiger partial charge is 0.295 e. The zero-order valence-corrected chi connectivity index (χ0v) is 21.5. The molecule has 1 aliphatic rings. The lowest BCUT2D eigenvalue weighted by Crippen LogP contribution is -2.31. The van der Waals surface area contributed by atoms with E-state index in [1.54, 1.807) is 7.11 Å². The summed E-state index contributed by atoms with van der Waals surface area (Å²) in [6.45, 7) is 4.85. The van der Waals surface area contributed by atoms with Crippen molar-refractivity contribution in [2.24, 2.45) is 0 Å². The summed E-state index contributed by atoms with van der Waals surface area (Å²) in [6, 6.07) is 12.5. The van der Waals surface area contributed by atoms with E-state index in [9.17, 15) is 23.1 Å². The number of hydrogen-bond donors (Lipinski definition) is 1. The highest BCUT2D eigenvalue weighted by atomic mass is 32.2. The van der Waals surface area contributed by atoms with E-state index in [0.717, 1.165) is 9.87 Å². The summed E-state index contributed by atoms with van der Waals surface area (Å²) < 4.78 is 31.0. The normalized spacial score (nSPS) is 18.1. The van der Waals surface area contributed by atoms with Gasteiger partial charge in [-0.2, -0.15) is 0 Å². The number of amides is 1. The number of carbonyl (C=O) groups is 2. The van der Waals surface area contributed by atoms with Gasteiger partial charge in [0, 0.05) is 39.9 Å². The van der Waals surface area contributed by atoms with E-state index in [4.69, 9.17) is 4.74 Å². The molecule has 1 fully saturated rings. The zero-order chi connectivity index (χ0) is 25.9. The monoisotopic (exact) mass is 500 g/mol. The maximum atomic E-state index is 13.1. The van der Waals surface area contributed by atoms with Gasteiger partial charge in [0.15, 0.2) is 0 Å². The highest BCUT2D eigenvalue weighted by molar-refractivity contribution is 7.89. The molecule has 8 nitrogen and oxygen atoms in total. The number of methoxy groups -OCH3 is 1. The molecule has 1 amide bonds. The number of Topliss-reactive ketones (excluding diaryl/α,β-unsaturated/α-hetero) is 1. The minimum Gasteiger partial charge on any atom is -0.507 e. The molecule has 3 rings (SSSR count). The second-order valence-electron chi connectivity index (χ2n) is 8.97. The van der Waals surface area contributed by atoms with Crippen LogP contribution in [0.15, 0.2) is 59.0 Å². The summed E-state index contributed by atoms with van der Waals surface area (Å²) in [5.41, 5.74) is 2.05. The number of hydrogen-bond acceptors (Lipinski definition) is 6. The first-order valence-electron chi connectivity index (χ1n) is 11.4. The number of nitrogens with zero attached hydrogens (tertiary/aromatic N) is 2. The van der Waals surface area contributed by atoms with Gasteiger partial charge >= 0.3 is 0 Å². The highest BCUT2D eigenvalue weighted by Crippen LogP contribution is 2.40. The molecule has 1 atom stereocenters. The number of likely N-dealkylation sites (tertiary alicyclic amines) is 1. The van der Waals surface area contributed by atoms with Crippen molar-refractivity contribution in [2.45, 2.75) is 37.1 Å². The van der Waals surface area contributed by atoms with Gasteiger partial charge in [-0.25, -0.2) is 12.7 Å². The molecule has 0 saturated carbocycles. The molecule has 2 aromatic rings. The average molecular weight is 501 g/mol. The number of benzene rings is 2. The molecule has 2 aromatic carbocycles. The van der Waals surface area contributed by atoms with E-state index >= 15 is 0 Å². The fourth-order valence-corrected chi connectivity index (χ4v) is 4.95.